The first-order valence-corrected chi connectivity index (χ1v) is 6.88. The fourth-order valence-corrected chi connectivity index (χ4v) is 2.68. The third-order valence-corrected chi connectivity index (χ3v) is 3.35. The Labute approximate surface area is 115 Å². The largest absolute Gasteiger partial charge is 0.374 e. The van der Waals surface area contributed by atoms with E-state index in [1.165, 1.54) is 6.07 Å². The Kier molecular flexibility index (Phi) is 5.12. The van der Waals surface area contributed by atoms with E-state index in [9.17, 15) is 4.39 Å². The molecule has 100 valence electrons. The van der Waals surface area contributed by atoms with Crippen LogP contribution in [0.15, 0.2) is 22.7 Å². The highest BCUT2D eigenvalue weighted by molar-refractivity contribution is 9.10. The van der Waals surface area contributed by atoms with Gasteiger partial charge in [-0.3, -0.25) is 4.90 Å². The Hall–Kier alpha value is -0.490. The molecule has 1 aromatic rings. The molecule has 1 heterocycles. The van der Waals surface area contributed by atoms with Gasteiger partial charge in [0.1, 0.15) is 5.82 Å². The fourth-order valence-electron chi connectivity index (χ4n) is 2.16. The molecular weight excluding hydrogens is 299 g/mol. The number of nitrogens with one attached hydrogen (secondary N) is 1. The van der Waals surface area contributed by atoms with Crippen molar-refractivity contribution in [2.75, 3.05) is 33.3 Å². The summed E-state index contributed by atoms with van der Waals surface area (Å²) in [6.07, 6.45) is 0.223. The number of hydrogen-bond donors (Lipinski definition) is 1. The predicted molar refractivity (Wildman–Crippen MR) is 73.0 cm³/mol. The maximum Gasteiger partial charge on any atom is 0.124 e. The molecule has 1 fully saturated rings. The molecule has 1 saturated heterocycles. The van der Waals surface area contributed by atoms with E-state index in [1.807, 2.05) is 13.1 Å². The highest BCUT2D eigenvalue weighted by atomic mass is 79.9. The van der Waals surface area contributed by atoms with Crippen LogP contribution in [0.25, 0.3) is 0 Å². The first kappa shape index (κ1) is 13.9. The van der Waals surface area contributed by atoms with Crippen LogP contribution in [0.1, 0.15) is 5.56 Å². The maximum absolute atomic E-state index is 13.3. The smallest absolute Gasteiger partial charge is 0.124 e. The van der Waals surface area contributed by atoms with E-state index in [1.54, 1.807) is 6.07 Å². The van der Waals surface area contributed by atoms with Crippen molar-refractivity contribution in [1.29, 1.82) is 0 Å². The van der Waals surface area contributed by atoms with E-state index >= 15 is 0 Å². The summed E-state index contributed by atoms with van der Waals surface area (Å²) >= 11 is 3.31. The normalized spacial score (nSPS) is 20.3. The van der Waals surface area contributed by atoms with Crippen LogP contribution in [0.2, 0.25) is 0 Å². The number of rotatable bonds is 4. The summed E-state index contributed by atoms with van der Waals surface area (Å²) in [5.74, 6) is -0.205. The van der Waals surface area contributed by atoms with Gasteiger partial charge in [-0.05, 0) is 30.8 Å². The highest BCUT2D eigenvalue weighted by Gasteiger charge is 2.15. The van der Waals surface area contributed by atoms with Crippen LogP contribution in [0.5, 0.6) is 0 Å². The quantitative estimate of drug-likeness (QED) is 0.919. The Bertz CT molecular complexity index is 376. The summed E-state index contributed by atoms with van der Waals surface area (Å²) in [5, 5.41) is 3.30. The van der Waals surface area contributed by atoms with Crippen molar-refractivity contribution in [3.8, 4) is 0 Å². The van der Waals surface area contributed by atoms with Gasteiger partial charge in [-0.25, -0.2) is 4.39 Å². The minimum absolute atomic E-state index is 0.205. The predicted octanol–water partition coefficient (Wildman–Crippen LogP) is 2.01. The molecule has 1 aliphatic rings. The van der Waals surface area contributed by atoms with Gasteiger partial charge >= 0.3 is 0 Å². The van der Waals surface area contributed by atoms with Crippen LogP contribution < -0.4 is 5.32 Å². The first-order chi connectivity index (χ1) is 8.63. The minimum Gasteiger partial charge on any atom is -0.374 e. The van der Waals surface area contributed by atoms with Gasteiger partial charge in [-0.15, -0.1) is 0 Å². The molecule has 0 radical (unpaired) electrons. The van der Waals surface area contributed by atoms with E-state index in [4.69, 9.17) is 4.74 Å². The summed E-state index contributed by atoms with van der Waals surface area (Å²) in [7, 11) is 2.02. The van der Waals surface area contributed by atoms with Crippen molar-refractivity contribution in [3.05, 3.63) is 34.1 Å². The average Bonchev–Trinajstić information content (AvgIpc) is 2.28. The Morgan fingerprint density at radius 2 is 2.33 bits per heavy atom. The van der Waals surface area contributed by atoms with E-state index in [0.717, 1.165) is 42.8 Å². The van der Waals surface area contributed by atoms with Crippen LogP contribution in [0.3, 0.4) is 0 Å². The van der Waals surface area contributed by atoms with E-state index in [0.29, 0.717) is 0 Å². The van der Waals surface area contributed by atoms with Crippen LogP contribution in [-0.2, 0) is 11.3 Å². The molecule has 1 N–H and O–H groups in total. The number of likely N-dealkylation sites (N-methyl/N-ethyl adjacent to an activating group) is 1. The SMILES string of the molecule is CN(Cc1cc(F)cc(Br)c1)CC1CNCCO1. The molecule has 1 aliphatic heterocycles. The molecule has 3 nitrogen and oxygen atoms in total. The lowest BCUT2D eigenvalue weighted by atomic mass is 10.2. The average molecular weight is 317 g/mol. The number of halogens is 2. The molecule has 2 rings (SSSR count). The molecule has 0 aliphatic carbocycles. The zero-order chi connectivity index (χ0) is 13.0. The summed E-state index contributed by atoms with van der Waals surface area (Å²) in [5.41, 5.74) is 0.966. The second-order valence-corrected chi connectivity index (χ2v) is 5.59. The second kappa shape index (κ2) is 6.61. The van der Waals surface area contributed by atoms with Gasteiger partial charge in [0.15, 0.2) is 0 Å². The van der Waals surface area contributed by atoms with Gasteiger partial charge in [-0.2, -0.15) is 0 Å². The van der Waals surface area contributed by atoms with E-state index in [2.05, 4.69) is 26.1 Å². The second-order valence-electron chi connectivity index (χ2n) is 4.67. The lowest BCUT2D eigenvalue weighted by molar-refractivity contribution is 0.00884. The van der Waals surface area contributed by atoms with Crippen molar-refractivity contribution in [3.63, 3.8) is 0 Å². The fraction of sp³-hybridized carbons (Fsp3) is 0.538. The number of ether oxygens (including phenoxy) is 1. The van der Waals surface area contributed by atoms with Gasteiger partial charge in [0.05, 0.1) is 12.7 Å². The molecule has 0 bridgehead atoms. The molecule has 0 aromatic heterocycles. The molecule has 1 unspecified atom stereocenters. The summed E-state index contributed by atoms with van der Waals surface area (Å²) in [6, 6.07) is 4.98. The zero-order valence-electron chi connectivity index (χ0n) is 10.5. The topological polar surface area (TPSA) is 24.5 Å². The molecule has 0 saturated carbocycles. The Morgan fingerprint density at radius 3 is 3.00 bits per heavy atom. The van der Waals surface area contributed by atoms with Crippen molar-refractivity contribution >= 4 is 15.9 Å². The zero-order valence-corrected chi connectivity index (χ0v) is 12.0. The lowest BCUT2D eigenvalue weighted by Gasteiger charge is -2.28. The number of hydrogen-bond acceptors (Lipinski definition) is 3. The van der Waals surface area contributed by atoms with Gasteiger partial charge in [0.25, 0.3) is 0 Å². The third-order valence-electron chi connectivity index (χ3n) is 2.89. The standard InChI is InChI=1S/C13H18BrFN2O/c1-17(9-13-7-16-2-3-18-13)8-10-4-11(14)6-12(15)5-10/h4-6,13,16H,2-3,7-9H2,1H3. The lowest BCUT2D eigenvalue weighted by Crippen LogP contribution is -2.44. The van der Waals surface area contributed by atoms with Crippen LogP contribution in [0.4, 0.5) is 4.39 Å². The number of morpholine rings is 1. The molecule has 18 heavy (non-hydrogen) atoms. The molecule has 1 atom stereocenters. The molecule has 0 spiro atoms. The number of nitrogens with zero attached hydrogens (tertiary/aromatic N) is 1. The minimum atomic E-state index is -0.205. The van der Waals surface area contributed by atoms with Crippen molar-refractivity contribution < 1.29 is 9.13 Å². The Balaban J connectivity index is 1.87. The summed E-state index contributed by atoms with van der Waals surface area (Å²) in [4.78, 5) is 2.15. The monoisotopic (exact) mass is 316 g/mol. The van der Waals surface area contributed by atoms with E-state index < -0.39 is 0 Å². The van der Waals surface area contributed by atoms with Gasteiger partial charge in [0.2, 0.25) is 0 Å². The first-order valence-electron chi connectivity index (χ1n) is 6.09. The molecule has 0 amide bonds. The summed E-state index contributed by atoms with van der Waals surface area (Å²) in [6.45, 7) is 4.15. The van der Waals surface area contributed by atoms with Crippen molar-refractivity contribution in [2.24, 2.45) is 0 Å². The number of benzene rings is 1. The third kappa shape index (κ3) is 4.31. The van der Waals surface area contributed by atoms with Gasteiger partial charge < -0.3 is 10.1 Å². The van der Waals surface area contributed by atoms with Crippen LogP contribution >= 0.6 is 15.9 Å². The Morgan fingerprint density at radius 1 is 1.50 bits per heavy atom. The molecule has 5 heteroatoms. The maximum atomic E-state index is 13.3. The van der Waals surface area contributed by atoms with Crippen LogP contribution in [-0.4, -0.2) is 44.3 Å². The van der Waals surface area contributed by atoms with Crippen LogP contribution in [0, 0.1) is 5.82 Å². The highest BCUT2D eigenvalue weighted by Crippen LogP contribution is 2.16. The molecular formula is C13H18BrFN2O. The summed E-state index contributed by atoms with van der Waals surface area (Å²) < 4.78 is 19.7. The van der Waals surface area contributed by atoms with Crippen molar-refractivity contribution in [2.45, 2.75) is 12.6 Å². The van der Waals surface area contributed by atoms with E-state index in [-0.39, 0.29) is 11.9 Å². The molecule has 1 aromatic carbocycles. The van der Waals surface area contributed by atoms with Gasteiger partial charge in [0, 0.05) is 30.7 Å². The van der Waals surface area contributed by atoms with Gasteiger partial charge in [-0.1, -0.05) is 15.9 Å². The van der Waals surface area contributed by atoms with Crippen molar-refractivity contribution in [1.82, 2.24) is 10.2 Å².